The van der Waals surface area contributed by atoms with Crippen LogP contribution in [0.3, 0.4) is 0 Å². The lowest BCUT2D eigenvalue weighted by Crippen LogP contribution is -2.30. The molecule has 0 amide bonds. The Labute approximate surface area is 178 Å². The standard InChI is InChI=1S/C24H25NO4S/c1-3-25(4-2)30(27,28)23-12-8-11-22(17-23)24(26)29-18-19-13-15-21(16-14-19)20-9-6-5-7-10-20/h5-17H,3-4,18H2,1-2H3. The first kappa shape index (κ1) is 21.7. The van der Waals surface area contributed by atoms with Crippen LogP contribution in [0, 0.1) is 0 Å². The average Bonchev–Trinajstić information content (AvgIpc) is 2.79. The van der Waals surface area contributed by atoms with Crippen LogP contribution in [0.2, 0.25) is 0 Å². The van der Waals surface area contributed by atoms with Crippen LogP contribution < -0.4 is 0 Å². The van der Waals surface area contributed by atoms with Crippen molar-refractivity contribution < 1.29 is 17.9 Å². The Morgan fingerprint density at radius 2 is 1.47 bits per heavy atom. The number of esters is 1. The Kier molecular flexibility index (Phi) is 7.03. The second-order valence-electron chi connectivity index (χ2n) is 6.76. The fourth-order valence-corrected chi connectivity index (χ4v) is 4.66. The molecule has 3 rings (SSSR count). The molecule has 30 heavy (non-hydrogen) atoms. The second-order valence-corrected chi connectivity index (χ2v) is 8.69. The zero-order chi connectivity index (χ0) is 21.6. The minimum absolute atomic E-state index is 0.0906. The minimum Gasteiger partial charge on any atom is -0.457 e. The lowest BCUT2D eigenvalue weighted by Gasteiger charge is -2.18. The van der Waals surface area contributed by atoms with E-state index >= 15 is 0 Å². The van der Waals surface area contributed by atoms with Crippen LogP contribution in [0.15, 0.2) is 83.8 Å². The number of carbonyl (C=O) groups is 1. The molecule has 0 aromatic heterocycles. The van der Waals surface area contributed by atoms with E-state index in [4.69, 9.17) is 4.74 Å². The van der Waals surface area contributed by atoms with Crippen LogP contribution in [0.25, 0.3) is 11.1 Å². The molecule has 0 heterocycles. The van der Waals surface area contributed by atoms with E-state index in [1.807, 2.05) is 54.6 Å². The van der Waals surface area contributed by atoms with Gasteiger partial charge in [-0.2, -0.15) is 4.31 Å². The highest BCUT2D eigenvalue weighted by molar-refractivity contribution is 7.89. The average molecular weight is 424 g/mol. The Morgan fingerprint density at radius 3 is 2.10 bits per heavy atom. The molecule has 0 radical (unpaired) electrons. The van der Waals surface area contributed by atoms with Crippen molar-refractivity contribution in [3.05, 3.63) is 90.0 Å². The van der Waals surface area contributed by atoms with Gasteiger partial charge in [0.1, 0.15) is 6.61 Å². The van der Waals surface area contributed by atoms with Crippen molar-refractivity contribution in [1.29, 1.82) is 0 Å². The molecular weight excluding hydrogens is 398 g/mol. The van der Waals surface area contributed by atoms with Gasteiger partial charge in [-0.25, -0.2) is 13.2 Å². The summed E-state index contributed by atoms with van der Waals surface area (Å²) >= 11 is 0. The summed E-state index contributed by atoms with van der Waals surface area (Å²) in [6.07, 6.45) is 0. The van der Waals surface area contributed by atoms with Gasteiger partial charge in [-0.15, -0.1) is 0 Å². The van der Waals surface area contributed by atoms with E-state index in [1.54, 1.807) is 26.0 Å². The van der Waals surface area contributed by atoms with Gasteiger partial charge in [0, 0.05) is 13.1 Å². The summed E-state index contributed by atoms with van der Waals surface area (Å²) in [5, 5.41) is 0. The van der Waals surface area contributed by atoms with Crippen molar-refractivity contribution >= 4 is 16.0 Å². The smallest absolute Gasteiger partial charge is 0.338 e. The highest BCUT2D eigenvalue weighted by atomic mass is 32.2. The molecule has 0 aliphatic carbocycles. The van der Waals surface area contributed by atoms with Gasteiger partial charge in [-0.1, -0.05) is 74.5 Å². The van der Waals surface area contributed by atoms with Crippen molar-refractivity contribution in [3.63, 3.8) is 0 Å². The highest BCUT2D eigenvalue weighted by Crippen LogP contribution is 2.20. The first-order chi connectivity index (χ1) is 14.5. The van der Waals surface area contributed by atoms with Crippen molar-refractivity contribution in [2.24, 2.45) is 0 Å². The predicted octanol–water partition coefficient (Wildman–Crippen LogP) is 4.74. The number of rotatable bonds is 8. The molecule has 3 aromatic rings. The van der Waals surface area contributed by atoms with E-state index in [1.165, 1.54) is 16.4 Å². The monoisotopic (exact) mass is 423 g/mol. The van der Waals surface area contributed by atoms with Crippen LogP contribution in [0.1, 0.15) is 29.8 Å². The highest BCUT2D eigenvalue weighted by Gasteiger charge is 2.22. The van der Waals surface area contributed by atoms with E-state index in [-0.39, 0.29) is 17.1 Å². The molecule has 0 saturated carbocycles. The Hall–Kier alpha value is -2.96. The molecule has 0 bridgehead atoms. The fourth-order valence-electron chi connectivity index (χ4n) is 3.15. The summed E-state index contributed by atoms with van der Waals surface area (Å²) in [5.41, 5.74) is 3.27. The number of ether oxygens (including phenoxy) is 1. The lowest BCUT2D eigenvalue weighted by atomic mass is 10.0. The van der Waals surface area contributed by atoms with E-state index in [2.05, 4.69) is 0 Å². The van der Waals surface area contributed by atoms with E-state index < -0.39 is 16.0 Å². The van der Waals surface area contributed by atoms with Gasteiger partial charge >= 0.3 is 5.97 Å². The summed E-state index contributed by atoms with van der Waals surface area (Å²) in [7, 11) is -3.63. The first-order valence-electron chi connectivity index (χ1n) is 9.87. The molecule has 0 fully saturated rings. The third-order valence-electron chi connectivity index (χ3n) is 4.84. The summed E-state index contributed by atoms with van der Waals surface area (Å²) in [4.78, 5) is 12.6. The van der Waals surface area contributed by atoms with Gasteiger partial charge in [0.15, 0.2) is 0 Å². The van der Waals surface area contributed by atoms with Crippen molar-refractivity contribution in [1.82, 2.24) is 4.31 Å². The largest absolute Gasteiger partial charge is 0.457 e. The second kappa shape index (κ2) is 9.69. The summed E-state index contributed by atoms with van der Waals surface area (Å²) < 4.78 is 32.1. The zero-order valence-electron chi connectivity index (χ0n) is 17.1. The molecule has 0 spiro atoms. The maximum Gasteiger partial charge on any atom is 0.338 e. The van der Waals surface area contributed by atoms with Crippen LogP contribution in [0.5, 0.6) is 0 Å². The van der Waals surface area contributed by atoms with Crippen LogP contribution in [-0.4, -0.2) is 31.8 Å². The molecular formula is C24H25NO4S. The topological polar surface area (TPSA) is 63.7 Å². The number of carbonyl (C=O) groups excluding carboxylic acids is 1. The molecule has 0 atom stereocenters. The first-order valence-corrected chi connectivity index (χ1v) is 11.3. The van der Waals surface area contributed by atoms with E-state index in [0.29, 0.717) is 13.1 Å². The maximum atomic E-state index is 12.7. The van der Waals surface area contributed by atoms with Gasteiger partial charge in [0.2, 0.25) is 10.0 Å². The third-order valence-corrected chi connectivity index (χ3v) is 6.89. The van der Waals surface area contributed by atoms with Crippen molar-refractivity contribution in [2.45, 2.75) is 25.3 Å². The van der Waals surface area contributed by atoms with Gasteiger partial charge in [0.25, 0.3) is 0 Å². The van der Waals surface area contributed by atoms with Gasteiger partial charge in [-0.05, 0) is 34.9 Å². The Morgan fingerprint density at radius 1 is 0.833 bits per heavy atom. The van der Waals surface area contributed by atoms with Crippen LogP contribution in [0.4, 0.5) is 0 Å². The molecule has 0 N–H and O–H groups in total. The molecule has 5 nitrogen and oxygen atoms in total. The summed E-state index contributed by atoms with van der Waals surface area (Å²) in [5.74, 6) is -0.557. The SMILES string of the molecule is CCN(CC)S(=O)(=O)c1cccc(C(=O)OCc2ccc(-c3ccccc3)cc2)c1. The maximum absolute atomic E-state index is 12.7. The fraction of sp³-hybridized carbons (Fsp3) is 0.208. The van der Waals surface area contributed by atoms with Gasteiger partial charge in [0.05, 0.1) is 10.5 Å². The van der Waals surface area contributed by atoms with Crippen molar-refractivity contribution in [2.75, 3.05) is 13.1 Å². The molecule has 0 aliphatic heterocycles. The number of benzene rings is 3. The van der Waals surface area contributed by atoms with Gasteiger partial charge < -0.3 is 4.74 Å². The Bertz CT molecular complexity index is 1090. The number of hydrogen-bond donors (Lipinski definition) is 0. The number of hydrogen-bond acceptors (Lipinski definition) is 4. The van der Waals surface area contributed by atoms with Gasteiger partial charge in [-0.3, -0.25) is 0 Å². The molecule has 0 aliphatic rings. The van der Waals surface area contributed by atoms with Crippen molar-refractivity contribution in [3.8, 4) is 11.1 Å². The summed E-state index contributed by atoms with van der Waals surface area (Å²) in [6.45, 7) is 4.41. The zero-order valence-corrected chi connectivity index (χ0v) is 17.9. The Balaban J connectivity index is 1.68. The van der Waals surface area contributed by atoms with E-state index in [9.17, 15) is 13.2 Å². The third kappa shape index (κ3) is 4.96. The van der Waals surface area contributed by atoms with E-state index in [0.717, 1.165) is 16.7 Å². The quantitative estimate of drug-likeness (QED) is 0.491. The minimum atomic E-state index is -3.63. The molecule has 156 valence electrons. The number of sulfonamides is 1. The molecule has 0 unspecified atom stereocenters. The lowest BCUT2D eigenvalue weighted by molar-refractivity contribution is 0.0472. The number of nitrogens with zero attached hydrogens (tertiary/aromatic N) is 1. The normalized spacial score (nSPS) is 11.4. The molecule has 6 heteroatoms. The van der Waals surface area contributed by atoms with Crippen LogP contribution in [-0.2, 0) is 21.4 Å². The summed E-state index contributed by atoms with van der Waals surface area (Å²) in [6, 6.07) is 23.8. The van der Waals surface area contributed by atoms with Crippen LogP contribution >= 0.6 is 0 Å². The molecule has 0 saturated heterocycles. The predicted molar refractivity (Wildman–Crippen MR) is 118 cm³/mol. The molecule has 3 aromatic carbocycles.